The topological polar surface area (TPSA) is 40.2 Å². The number of nitrogens with zero attached hydrogens (tertiary/aromatic N) is 1. The Morgan fingerprint density at radius 2 is 1.09 bits per heavy atom. The molecule has 33 heavy (non-hydrogen) atoms. The van der Waals surface area contributed by atoms with Crippen LogP contribution in [-0.4, -0.2) is 33.3 Å². The van der Waals surface area contributed by atoms with Gasteiger partial charge in [0.05, 0.1) is 28.4 Å². The molecule has 5 rings (SSSR count). The van der Waals surface area contributed by atoms with Gasteiger partial charge >= 0.3 is 0 Å². The van der Waals surface area contributed by atoms with Crippen molar-refractivity contribution in [1.82, 2.24) is 4.90 Å². The van der Waals surface area contributed by atoms with E-state index in [4.69, 9.17) is 18.9 Å². The standard InChI is InChI=1S/C28H31NO4/c1-17(18-9-7-6-8-10-18)29-23-11-19-13-25(30-2)27(32-4)15-21(19)24(29)12-20-14-26(31-3)28(33-5)16-22(20)23/h6-10,13-17,23-24H,11-12H2,1-5H3/t17-,23-,24-/m0/s1. The van der Waals surface area contributed by atoms with E-state index in [1.807, 2.05) is 0 Å². The Bertz CT molecular complexity index is 1090. The van der Waals surface area contributed by atoms with Crippen molar-refractivity contribution < 1.29 is 18.9 Å². The molecule has 2 aliphatic rings. The summed E-state index contributed by atoms with van der Waals surface area (Å²) in [6.07, 6.45) is 1.79. The fourth-order valence-electron chi connectivity index (χ4n) is 5.68. The molecule has 3 aromatic carbocycles. The van der Waals surface area contributed by atoms with E-state index >= 15 is 0 Å². The molecule has 0 saturated heterocycles. The molecular weight excluding hydrogens is 414 g/mol. The molecule has 5 heteroatoms. The van der Waals surface area contributed by atoms with Crippen molar-refractivity contribution in [3.63, 3.8) is 0 Å². The molecule has 2 bridgehead atoms. The van der Waals surface area contributed by atoms with Crippen molar-refractivity contribution in [3.05, 3.63) is 82.4 Å². The van der Waals surface area contributed by atoms with Crippen molar-refractivity contribution in [1.29, 1.82) is 0 Å². The molecule has 3 aromatic rings. The second-order valence-electron chi connectivity index (χ2n) is 8.79. The van der Waals surface area contributed by atoms with Gasteiger partial charge in [-0.1, -0.05) is 30.3 Å². The first-order valence-corrected chi connectivity index (χ1v) is 11.4. The normalized spacial score (nSPS) is 19.8. The summed E-state index contributed by atoms with van der Waals surface area (Å²) in [4.78, 5) is 2.66. The number of ether oxygens (including phenoxy) is 4. The van der Waals surface area contributed by atoms with Crippen LogP contribution in [0.25, 0.3) is 0 Å². The van der Waals surface area contributed by atoms with E-state index in [0.29, 0.717) is 0 Å². The summed E-state index contributed by atoms with van der Waals surface area (Å²) in [6, 6.07) is 20.1. The van der Waals surface area contributed by atoms with Gasteiger partial charge in [0.15, 0.2) is 23.0 Å². The first-order chi connectivity index (χ1) is 16.1. The van der Waals surface area contributed by atoms with Crippen LogP contribution < -0.4 is 18.9 Å². The van der Waals surface area contributed by atoms with Crippen molar-refractivity contribution in [2.45, 2.75) is 37.9 Å². The molecule has 3 atom stereocenters. The van der Waals surface area contributed by atoms with E-state index < -0.39 is 0 Å². The maximum Gasteiger partial charge on any atom is 0.161 e. The van der Waals surface area contributed by atoms with Gasteiger partial charge in [0.2, 0.25) is 0 Å². The molecule has 172 valence electrons. The lowest BCUT2D eigenvalue weighted by molar-refractivity contribution is 0.0573. The monoisotopic (exact) mass is 445 g/mol. The zero-order chi connectivity index (χ0) is 23.1. The molecule has 0 N–H and O–H groups in total. The van der Waals surface area contributed by atoms with Gasteiger partial charge < -0.3 is 18.9 Å². The summed E-state index contributed by atoms with van der Waals surface area (Å²) in [5.41, 5.74) is 6.58. The quantitative estimate of drug-likeness (QED) is 0.488. The number of benzene rings is 3. The molecule has 0 aromatic heterocycles. The molecule has 0 radical (unpaired) electrons. The molecule has 0 spiro atoms. The largest absolute Gasteiger partial charge is 0.493 e. The van der Waals surface area contributed by atoms with E-state index in [-0.39, 0.29) is 18.1 Å². The minimum absolute atomic E-state index is 0.222. The van der Waals surface area contributed by atoms with E-state index in [0.717, 1.165) is 35.8 Å². The third kappa shape index (κ3) is 3.51. The average molecular weight is 446 g/mol. The first-order valence-electron chi connectivity index (χ1n) is 11.4. The third-order valence-corrected chi connectivity index (χ3v) is 7.28. The number of methoxy groups -OCH3 is 4. The summed E-state index contributed by atoms with van der Waals surface area (Å²) in [5, 5.41) is 0. The summed E-state index contributed by atoms with van der Waals surface area (Å²) < 4.78 is 22.6. The SMILES string of the molecule is COc1cc2c(cc1OC)[C@@H]1Cc3cc(OC)c(OC)cc3[C@H](C2)N1[C@@H](C)c1ccccc1. The van der Waals surface area contributed by atoms with Crippen molar-refractivity contribution in [3.8, 4) is 23.0 Å². The van der Waals surface area contributed by atoms with E-state index in [1.165, 1.54) is 27.8 Å². The van der Waals surface area contributed by atoms with Crippen LogP contribution in [-0.2, 0) is 12.8 Å². The van der Waals surface area contributed by atoms with Gasteiger partial charge in [-0.05, 0) is 71.8 Å². The number of hydrogen-bond acceptors (Lipinski definition) is 5. The van der Waals surface area contributed by atoms with Crippen LogP contribution >= 0.6 is 0 Å². The minimum Gasteiger partial charge on any atom is -0.493 e. The van der Waals surface area contributed by atoms with Crippen LogP contribution in [0.2, 0.25) is 0 Å². The fourth-order valence-corrected chi connectivity index (χ4v) is 5.68. The lowest BCUT2D eigenvalue weighted by atomic mass is 9.75. The van der Waals surface area contributed by atoms with Crippen LogP contribution in [0.3, 0.4) is 0 Å². The Morgan fingerprint density at radius 3 is 1.52 bits per heavy atom. The Balaban J connectivity index is 1.69. The second kappa shape index (κ2) is 8.64. The summed E-state index contributed by atoms with van der Waals surface area (Å²) >= 11 is 0. The molecule has 0 saturated carbocycles. The minimum atomic E-state index is 0.222. The predicted octanol–water partition coefficient (Wildman–Crippen LogP) is 5.68. The second-order valence-corrected chi connectivity index (χ2v) is 8.79. The number of fused-ring (bicyclic) bond motifs is 6. The van der Waals surface area contributed by atoms with Crippen LogP contribution in [0.1, 0.15) is 52.9 Å². The molecular formula is C28H31NO4. The molecule has 0 unspecified atom stereocenters. The molecule has 0 aliphatic carbocycles. The predicted molar refractivity (Wildman–Crippen MR) is 129 cm³/mol. The van der Waals surface area contributed by atoms with Crippen LogP contribution in [0.4, 0.5) is 0 Å². The van der Waals surface area contributed by atoms with Gasteiger partial charge in [-0.15, -0.1) is 0 Å². The van der Waals surface area contributed by atoms with Crippen molar-refractivity contribution in [2.75, 3.05) is 28.4 Å². The van der Waals surface area contributed by atoms with Crippen LogP contribution in [0.5, 0.6) is 23.0 Å². The average Bonchev–Trinajstić information content (AvgIpc) is 2.87. The summed E-state index contributed by atoms with van der Waals surface area (Å²) in [6.45, 7) is 2.31. The number of hydrogen-bond donors (Lipinski definition) is 0. The highest BCUT2D eigenvalue weighted by Gasteiger charge is 2.43. The highest BCUT2D eigenvalue weighted by atomic mass is 16.5. The van der Waals surface area contributed by atoms with E-state index in [2.05, 4.69) is 66.4 Å². The van der Waals surface area contributed by atoms with Gasteiger partial charge in [-0.25, -0.2) is 0 Å². The van der Waals surface area contributed by atoms with Gasteiger partial charge in [0.25, 0.3) is 0 Å². The smallest absolute Gasteiger partial charge is 0.161 e. The maximum absolute atomic E-state index is 5.68. The lowest BCUT2D eigenvalue weighted by Crippen LogP contribution is -2.44. The third-order valence-electron chi connectivity index (χ3n) is 7.28. The Hall–Kier alpha value is -3.18. The molecule has 5 nitrogen and oxygen atoms in total. The highest BCUT2D eigenvalue weighted by Crippen LogP contribution is 2.54. The van der Waals surface area contributed by atoms with E-state index in [9.17, 15) is 0 Å². The maximum atomic E-state index is 5.68. The fraction of sp³-hybridized carbons (Fsp3) is 0.357. The Labute approximate surface area is 195 Å². The van der Waals surface area contributed by atoms with Crippen LogP contribution in [0.15, 0.2) is 54.6 Å². The van der Waals surface area contributed by atoms with E-state index in [1.54, 1.807) is 28.4 Å². The lowest BCUT2D eigenvalue weighted by Gasteiger charge is -2.51. The molecule has 0 fully saturated rings. The van der Waals surface area contributed by atoms with Gasteiger partial charge in [0.1, 0.15) is 0 Å². The zero-order valence-electron chi connectivity index (χ0n) is 19.9. The zero-order valence-corrected chi connectivity index (χ0v) is 19.9. The van der Waals surface area contributed by atoms with Crippen LogP contribution in [0, 0.1) is 0 Å². The highest BCUT2D eigenvalue weighted by molar-refractivity contribution is 5.55. The first kappa shape index (κ1) is 21.7. The molecule has 2 aliphatic heterocycles. The summed E-state index contributed by atoms with van der Waals surface area (Å²) in [7, 11) is 6.80. The molecule has 0 amide bonds. The number of rotatable bonds is 6. The summed E-state index contributed by atoms with van der Waals surface area (Å²) in [5.74, 6) is 3.12. The Kier molecular flexibility index (Phi) is 5.67. The van der Waals surface area contributed by atoms with Gasteiger partial charge in [-0.3, -0.25) is 4.90 Å². The van der Waals surface area contributed by atoms with Crippen molar-refractivity contribution in [2.24, 2.45) is 0 Å². The Morgan fingerprint density at radius 1 is 0.667 bits per heavy atom. The van der Waals surface area contributed by atoms with Crippen molar-refractivity contribution >= 4 is 0 Å². The van der Waals surface area contributed by atoms with Gasteiger partial charge in [-0.2, -0.15) is 0 Å². The van der Waals surface area contributed by atoms with Gasteiger partial charge in [0, 0.05) is 18.1 Å². The molecule has 2 heterocycles.